The van der Waals surface area contributed by atoms with Crippen LogP contribution in [0.15, 0.2) is 35.3 Å². The largest absolute Gasteiger partial charge is 0.469 e. The summed E-state index contributed by atoms with van der Waals surface area (Å²) in [6, 6.07) is 11.2. The summed E-state index contributed by atoms with van der Waals surface area (Å²) in [4.78, 5) is 20.7. The van der Waals surface area contributed by atoms with Crippen LogP contribution < -0.4 is 5.32 Å². The second-order valence-corrected chi connectivity index (χ2v) is 6.71. The minimum absolute atomic E-state index is 0. The van der Waals surface area contributed by atoms with Crippen LogP contribution in [0, 0.1) is 5.92 Å². The van der Waals surface area contributed by atoms with Gasteiger partial charge in [-0.25, -0.2) is 0 Å². The number of nitrogens with zero attached hydrogens (tertiary/aromatic N) is 3. The molecule has 0 aromatic heterocycles. The first-order valence-electron chi connectivity index (χ1n) is 9.43. The first-order chi connectivity index (χ1) is 12.6. The number of guanidine groups is 1. The van der Waals surface area contributed by atoms with Gasteiger partial charge in [0.15, 0.2) is 5.96 Å². The summed E-state index contributed by atoms with van der Waals surface area (Å²) in [5.74, 6) is 0.458. The molecule has 1 aliphatic heterocycles. The highest BCUT2D eigenvalue weighted by atomic mass is 127. The maximum atomic E-state index is 11.6. The molecule has 2 rings (SSSR count). The predicted molar refractivity (Wildman–Crippen MR) is 121 cm³/mol. The third-order valence-electron chi connectivity index (χ3n) is 5.01. The molecular formula is C20H33IN4O2. The molecule has 0 aliphatic carbocycles. The number of hydrogen-bond donors (Lipinski definition) is 1. The topological polar surface area (TPSA) is 57.2 Å². The van der Waals surface area contributed by atoms with Crippen LogP contribution in [0.25, 0.3) is 0 Å². The van der Waals surface area contributed by atoms with Crippen molar-refractivity contribution in [3.8, 4) is 0 Å². The van der Waals surface area contributed by atoms with E-state index in [0.29, 0.717) is 12.6 Å². The van der Waals surface area contributed by atoms with Gasteiger partial charge in [-0.3, -0.25) is 14.7 Å². The van der Waals surface area contributed by atoms with Gasteiger partial charge >= 0.3 is 5.97 Å². The minimum Gasteiger partial charge on any atom is -0.469 e. The number of rotatable bonds is 6. The minimum atomic E-state index is -0.202. The van der Waals surface area contributed by atoms with Gasteiger partial charge < -0.3 is 15.0 Å². The molecule has 27 heavy (non-hydrogen) atoms. The van der Waals surface area contributed by atoms with E-state index in [-0.39, 0.29) is 35.9 Å². The van der Waals surface area contributed by atoms with Gasteiger partial charge in [-0.05, 0) is 12.0 Å². The van der Waals surface area contributed by atoms with Gasteiger partial charge in [0.2, 0.25) is 0 Å². The molecule has 1 heterocycles. The van der Waals surface area contributed by atoms with E-state index < -0.39 is 0 Å². The Balaban J connectivity index is 0.00000364. The Morgan fingerprint density at radius 1 is 1.22 bits per heavy atom. The monoisotopic (exact) mass is 488 g/mol. The van der Waals surface area contributed by atoms with Crippen molar-refractivity contribution in [3.05, 3.63) is 35.9 Å². The zero-order chi connectivity index (χ0) is 18.9. The van der Waals surface area contributed by atoms with Crippen LogP contribution in [0.4, 0.5) is 0 Å². The number of benzene rings is 1. The van der Waals surface area contributed by atoms with Crippen molar-refractivity contribution in [2.24, 2.45) is 10.9 Å². The lowest BCUT2D eigenvalue weighted by Gasteiger charge is -2.40. The average Bonchev–Trinajstić information content (AvgIpc) is 2.70. The number of carbonyl (C=O) groups is 1. The van der Waals surface area contributed by atoms with Crippen molar-refractivity contribution in [1.29, 1.82) is 0 Å². The summed E-state index contributed by atoms with van der Waals surface area (Å²) >= 11 is 0. The first kappa shape index (κ1) is 23.7. The Bertz CT molecular complexity index is 589. The Hall–Kier alpha value is -1.35. The number of esters is 1. The second-order valence-electron chi connectivity index (χ2n) is 6.71. The maximum absolute atomic E-state index is 11.6. The molecule has 2 unspecified atom stereocenters. The molecule has 0 amide bonds. The second kappa shape index (κ2) is 12.2. The molecule has 0 radical (unpaired) electrons. The quantitative estimate of drug-likeness (QED) is 0.289. The Morgan fingerprint density at radius 2 is 1.85 bits per heavy atom. The number of ether oxygens (including phenoxy) is 1. The highest BCUT2D eigenvalue weighted by molar-refractivity contribution is 14.0. The average molecular weight is 488 g/mol. The number of aliphatic imine (C=N–C) groups is 1. The fourth-order valence-corrected chi connectivity index (χ4v) is 3.49. The summed E-state index contributed by atoms with van der Waals surface area (Å²) in [5.41, 5.74) is 1.39. The van der Waals surface area contributed by atoms with Crippen LogP contribution in [-0.2, 0) is 9.53 Å². The van der Waals surface area contributed by atoms with Gasteiger partial charge in [-0.15, -0.1) is 24.0 Å². The fourth-order valence-electron chi connectivity index (χ4n) is 3.49. The molecule has 6 nitrogen and oxygen atoms in total. The van der Waals surface area contributed by atoms with Crippen molar-refractivity contribution < 1.29 is 9.53 Å². The number of nitrogens with one attached hydrogen (secondary N) is 1. The summed E-state index contributed by atoms with van der Waals surface area (Å²) < 4.78 is 4.78. The molecule has 152 valence electrons. The van der Waals surface area contributed by atoms with Gasteiger partial charge in [-0.1, -0.05) is 44.2 Å². The van der Waals surface area contributed by atoms with E-state index in [9.17, 15) is 4.79 Å². The summed E-state index contributed by atoms with van der Waals surface area (Å²) in [6.45, 7) is 8.49. The van der Waals surface area contributed by atoms with Gasteiger partial charge in [0.05, 0.1) is 13.0 Å². The molecule has 1 aromatic carbocycles. The molecule has 1 fully saturated rings. The molecule has 0 spiro atoms. The van der Waals surface area contributed by atoms with Crippen LogP contribution in [-0.4, -0.2) is 68.6 Å². The lowest BCUT2D eigenvalue weighted by molar-refractivity contribution is -0.144. The van der Waals surface area contributed by atoms with E-state index in [4.69, 9.17) is 4.74 Å². The lowest BCUT2D eigenvalue weighted by Crippen LogP contribution is -2.53. The van der Waals surface area contributed by atoms with Crippen molar-refractivity contribution >= 4 is 35.9 Å². The van der Waals surface area contributed by atoms with Crippen molar-refractivity contribution in [1.82, 2.24) is 15.1 Å². The normalized spacial score (nSPS) is 17.6. The van der Waals surface area contributed by atoms with Gasteiger partial charge in [-0.2, -0.15) is 0 Å². The number of piperazine rings is 1. The predicted octanol–water partition coefficient (Wildman–Crippen LogP) is 2.76. The maximum Gasteiger partial charge on any atom is 0.310 e. The van der Waals surface area contributed by atoms with Crippen molar-refractivity contribution in [3.63, 3.8) is 0 Å². The Morgan fingerprint density at radius 3 is 2.37 bits per heavy atom. The van der Waals surface area contributed by atoms with E-state index in [1.54, 1.807) is 7.05 Å². The molecule has 2 atom stereocenters. The number of carbonyl (C=O) groups excluding carboxylic acids is 1. The van der Waals surface area contributed by atoms with E-state index >= 15 is 0 Å². The molecule has 1 saturated heterocycles. The Kier molecular flexibility index (Phi) is 10.7. The third-order valence-corrected chi connectivity index (χ3v) is 5.01. The highest BCUT2D eigenvalue weighted by Crippen LogP contribution is 2.25. The van der Waals surface area contributed by atoms with E-state index in [2.05, 4.69) is 57.4 Å². The lowest BCUT2D eigenvalue weighted by atomic mass is 10.0. The number of halogens is 1. The smallest absolute Gasteiger partial charge is 0.310 e. The van der Waals surface area contributed by atoms with Crippen molar-refractivity contribution in [2.75, 3.05) is 46.9 Å². The molecule has 1 N–H and O–H groups in total. The van der Waals surface area contributed by atoms with Gasteiger partial charge in [0.1, 0.15) is 0 Å². The van der Waals surface area contributed by atoms with Gasteiger partial charge in [0.25, 0.3) is 0 Å². The summed E-state index contributed by atoms with van der Waals surface area (Å²) in [6.07, 6.45) is 1.10. The summed E-state index contributed by atoms with van der Waals surface area (Å²) in [5, 5.41) is 3.30. The number of methoxy groups -OCH3 is 1. The zero-order valence-corrected chi connectivity index (χ0v) is 19.2. The highest BCUT2D eigenvalue weighted by Gasteiger charge is 2.25. The number of hydrogen-bond acceptors (Lipinski definition) is 4. The molecule has 7 heteroatoms. The van der Waals surface area contributed by atoms with Crippen molar-refractivity contribution in [2.45, 2.75) is 26.3 Å². The van der Waals surface area contributed by atoms with Crippen LogP contribution in [0.1, 0.15) is 31.9 Å². The van der Waals surface area contributed by atoms with E-state index in [1.165, 1.54) is 12.7 Å². The van der Waals surface area contributed by atoms with E-state index in [1.807, 2.05) is 6.92 Å². The Labute approximate surface area is 180 Å². The molecular weight excluding hydrogens is 455 g/mol. The molecule has 1 aliphatic rings. The van der Waals surface area contributed by atoms with Crippen LogP contribution in [0.5, 0.6) is 0 Å². The SMILES string of the molecule is CCC(c1ccccc1)N1CCN(C(=NC)NCC(C)C(=O)OC)CC1.I. The fraction of sp³-hybridized carbons (Fsp3) is 0.600. The standard InChI is InChI=1S/C20H32N4O2.HI/c1-5-18(17-9-7-6-8-10-17)23-11-13-24(14-12-23)20(21-3)22-15-16(2)19(25)26-4;/h6-10,16,18H,5,11-15H2,1-4H3,(H,21,22);1H. The first-order valence-corrected chi connectivity index (χ1v) is 9.43. The summed E-state index contributed by atoms with van der Waals surface area (Å²) in [7, 11) is 3.21. The molecule has 1 aromatic rings. The van der Waals surface area contributed by atoms with Crippen LogP contribution in [0.2, 0.25) is 0 Å². The zero-order valence-electron chi connectivity index (χ0n) is 16.9. The third kappa shape index (κ3) is 6.64. The van der Waals surface area contributed by atoms with Crippen LogP contribution in [0.3, 0.4) is 0 Å². The molecule has 0 saturated carbocycles. The van der Waals surface area contributed by atoms with Gasteiger partial charge in [0, 0.05) is 45.8 Å². The van der Waals surface area contributed by atoms with E-state index in [0.717, 1.165) is 38.6 Å². The van der Waals surface area contributed by atoms with Crippen LogP contribution >= 0.6 is 24.0 Å². The molecule has 0 bridgehead atoms.